The summed E-state index contributed by atoms with van der Waals surface area (Å²) in [5.74, 6) is -3.07. The van der Waals surface area contributed by atoms with Gasteiger partial charge >= 0.3 is 5.97 Å². The summed E-state index contributed by atoms with van der Waals surface area (Å²) in [4.78, 5) is 24.3. The number of amides is 1. The van der Waals surface area contributed by atoms with Crippen LogP contribution in [0.15, 0.2) is 18.2 Å². The Kier molecular flexibility index (Phi) is 5.43. The van der Waals surface area contributed by atoms with E-state index >= 15 is 0 Å². The predicted molar refractivity (Wildman–Crippen MR) is 73.3 cm³/mol. The number of rotatable bonds is 5. The third-order valence-corrected chi connectivity index (χ3v) is 3.53. The van der Waals surface area contributed by atoms with E-state index in [2.05, 4.69) is 0 Å². The van der Waals surface area contributed by atoms with Gasteiger partial charge in [-0.15, -0.1) is 0 Å². The first-order chi connectivity index (χ1) is 10.5. The van der Waals surface area contributed by atoms with Gasteiger partial charge in [0.05, 0.1) is 19.1 Å². The first-order valence-electron chi connectivity index (χ1n) is 7.01. The van der Waals surface area contributed by atoms with Gasteiger partial charge in [0.1, 0.15) is 0 Å². The minimum Gasteiger partial charge on any atom is -0.481 e. The first kappa shape index (κ1) is 16.4. The van der Waals surface area contributed by atoms with Crippen LogP contribution in [0.25, 0.3) is 0 Å². The second-order valence-corrected chi connectivity index (χ2v) is 5.14. The molecule has 1 atom stereocenters. The molecule has 1 aliphatic rings. The third-order valence-electron chi connectivity index (χ3n) is 3.53. The van der Waals surface area contributed by atoms with Crippen molar-refractivity contribution in [3.8, 4) is 0 Å². The van der Waals surface area contributed by atoms with E-state index in [1.165, 1.54) is 17.0 Å². The lowest BCUT2D eigenvalue weighted by Gasteiger charge is -2.32. The van der Waals surface area contributed by atoms with E-state index in [9.17, 15) is 18.4 Å². The first-order valence-corrected chi connectivity index (χ1v) is 7.01. The molecule has 1 heterocycles. The Morgan fingerprint density at radius 1 is 1.36 bits per heavy atom. The van der Waals surface area contributed by atoms with Gasteiger partial charge in [0, 0.05) is 19.5 Å². The molecule has 5 nitrogen and oxygen atoms in total. The summed E-state index contributed by atoms with van der Waals surface area (Å²) in [6, 6.07) is 3.87. The van der Waals surface area contributed by atoms with E-state index < -0.39 is 23.7 Å². The molecule has 1 aromatic rings. The Labute approximate surface area is 126 Å². The van der Waals surface area contributed by atoms with Crippen LogP contribution < -0.4 is 0 Å². The number of carbonyl (C=O) groups is 2. The van der Waals surface area contributed by atoms with Gasteiger partial charge in [-0.25, -0.2) is 8.78 Å². The smallest absolute Gasteiger partial charge is 0.306 e. The van der Waals surface area contributed by atoms with Crippen molar-refractivity contribution in [3.05, 3.63) is 35.4 Å². The minimum absolute atomic E-state index is 0.0418. The van der Waals surface area contributed by atoms with Gasteiger partial charge < -0.3 is 14.7 Å². The molecule has 0 unspecified atom stereocenters. The fourth-order valence-corrected chi connectivity index (χ4v) is 2.41. The van der Waals surface area contributed by atoms with Gasteiger partial charge in [-0.05, 0) is 18.1 Å². The number of nitrogens with zero attached hydrogens (tertiary/aromatic N) is 1. The number of carboxylic acid groups (broad SMARTS) is 1. The number of hydrogen-bond donors (Lipinski definition) is 1. The van der Waals surface area contributed by atoms with E-state index in [-0.39, 0.29) is 43.9 Å². The van der Waals surface area contributed by atoms with Crippen molar-refractivity contribution >= 4 is 11.9 Å². The molecule has 0 bridgehead atoms. The van der Waals surface area contributed by atoms with Crippen LogP contribution in [0.4, 0.5) is 8.78 Å². The molecule has 1 saturated heterocycles. The van der Waals surface area contributed by atoms with Gasteiger partial charge in [-0.3, -0.25) is 9.59 Å². The van der Waals surface area contributed by atoms with Gasteiger partial charge in [0.2, 0.25) is 5.91 Å². The number of ether oxygens (including phenoxy) is 1. The van der Waals surface area contributed by atoms with Gasteiger partial charge in [0.15, 0.2) is 11.6 Å². The number of morpholine rings is 1. The van der Waals surface area contributed by atoms with Crippen LogP contribution in [0.5, 0.6) is 0 Å². The summed E-state index contributed by atoms with van der Waals surface area (Å²) < 4.78 is 31.9. The normalized spacial score (nSPS) is 18.3. The van der Waals surface area contributed by atoms with Gasteiger partial charge in [-0.2, -0.15) is 0 Å². The van der Waals surface area contributed by atoms with Crippen LogP contribution in [0.2, 0.25) is 0 Å². The molecule has 0 saturated carbocycles. The van der Waals surface area contributed by atoms with E-state index in [1.807, 2.05) is 0 Å². The standard InChI is InChI=1S/C15H17F2NO4/c16-12-3-1-2-10(15(12)17)4-5-13(19)18-6-7-22-11(9-18)8-14(20)21/h1-3,11H,4-9H2,(H,20,21)/t11-/m0/s1. The maximum absolute atomic E-state index is 13.5. The van der Waals surface area contributed by atoms with Crippen LogP contribution in [0, 0.1) is 11.6 Å². The van der Waals surface area contributed by atoms with E-state index in [0.717, 1.165) is 6.07 Å². The highest BCUT2D eigenvalue weighted by Crippen LogP contribution is 2.15. The molecule has 0 aliphatic carbocycles. The maximum atomic E-state index is 13.5. The summed E-state index contributed by atoms with van der Waals surface area (Å²) in [6.45, 7) is 0.857. The number of hydrogen-bond acceptors (Lipinski definition) is 3. The molecule has 1 aliphatic heterocycles. The number of halogens is 2. The zero-order valence-electron chi connectivity index (χ0n) is 11.9. The largest absolute Gasteiger partial charge is 0.481 e. The van der Waals surface area contributed by atoms with Crippen molar-refractivity contribution in [2.24, 2.45) is 0 Å². The SMILES string of the molecule is O=C(O)C[C@H]1CN(C(=O)CCc2cccc(F)c2F)CCO1. The molecule has 1 N–H and O–H groups in total. The van der Waals surface area contributed by atoms with E-state index in [0.29, 0.717) is 6.54 Å². The number of aryl methyl sites for hydroxylation is 1. The van der Waals surface area contributed by atoms with Crippen LogP contribution in [0.3, 0.4) is 0 Å². The lowest BCUT2D eigenvalue weighted by molar-refractivity contribution is -0.147. The average molecular weight is 313 g/mol. The Hall–Kier alpha value is -2.02. The van der Waals surface area contributed by atoms with Crippen LogP contribution >= 0.6 is 0 Å². The molecular weight excluding hydrogens is 296 g/mol. The Morgan fingerprint density at radius 3 is 2.86 bits per heavy atom. The predicted octanol–water partition coefficient (Wildman–Crippen LogP) is 1.60. The lowest BCUT2D eigenvalue weighted by atomic mass is 10.1. The Morgan fingerprint density at radius 2 is 2.14 bits per heavy atom. The molecular formula is C15H17F2NO4. The Bertz CT molecular complexity index is 564. The molecule has 2 rings (SSSR count). The van der Waals surface area contributed by atoms with E-state index in [4.69, 9.17) is 9.84 Å². The van der Waals surface area contributed by atoms with Crippen LogP contribution in [-0.2, 0) is 20.7 Å². The average Bonchev–Trinajstić information content (AvgIpc) is 2.48. The van der Waals surface area contributed by atoms with Crippen molar-refractivity contribution in [1.82, 2.24) is 4.90 Å². The highest BCUT2D eigenvalue weighted by molar-refractivity contribution is 5.76. The highest BCUT2D eigenvalue weighted by atomic mass is 19.2. The summed E-state index contributed by atoms with van der Waals surface area (Å²) in [5, 5.41) is 8.74. The second kappa shape index (κ2) is 7.31. The molecule has 1 aromatic carbocycles. The second-order valence-electron chi connectivity index (χ2n) is 5.14. The number of benzene rings is 1. The fraction of sp³-hybridized carbons (Fsp3) is 0.467. The monoisotopic (exact) mass is 313 g/mol. The zero-order valence-corrected chi connectivity index (χ0v) is 11.9. The zero-order chi connectivity index (χ0) is 16.1. The summed E-state index contributed by atoms with van der Waals surface area (Å²) in [7, 11) is 0. The van der Waals surface area contributed by atoms with Crippen LogP contribution in [-0.4, -0.2) is 47.7 Å². The highest BCUT2D eigenvalue weighted by Gasteiger charge is 2.25. The van der Waals surface area contributed by atoms with E-state index in [1.54, 1.807) is 0 Å². The topological polar surface area (TPSA) is 66.8 Å². The van der Waals surface area contributed by atoms with Crippen LogP contribution in [0.1, 0.15) is 18.4 Å². The lowest BCUT2D eigenvalue weighted by Crippen LogP contribution is -2.46. The number of aliphatic carboxylic acids is 1. The summed E-state index contributed by atoms with van der Waals surface area (Å²) in [6.07, 6.45) is -0.549. The number of carboxylic acids is 1. The quantitative estimate of drug-likeness (QED) is 0.896. The van der Waals surface area contributed by atoms with Crippen molar-refractivity contribution in [1.29, 1.82) is 0 Å². The molecule has 0 radical (unpaired) electrons. The van der Waals surface area contributed by atoms with Crippen molar-refractivity contribution in [2.75, 3.05) is 19.7 Å². The summed E-state index contributed by atoms with van der Waals surface area (Å²) in [5.41, 5.74) is 0.156. The fourth-order valence-electron chi connectivity index (χ4n) is 2.41. The van der Waals surface area contributed by atoms with Crippen molar-refractivity contribution in [2.45, 2.75) is 25.4 Å². The van der Waals surface area contributed by atoms with Crippen molar-refractivity contribution in [3.63, 3.8) is 0 Å². The summed E-state index contributed by atoms with van der Waals surface area (Å²) >= 11 is 0. The molecule has 1 fully saturated rings. The van der Waals surface area contributed by atoms with Gasteiger partial charge in [0.25, 0.3) is 0 Å². The minimum atomic E-state index is -0.985. The molecule has 22 heavy (non-hydrogen) atoms. The molecule has 0 spiro atoms. The third kappa shape index (κ3) is 4.24. The molecule has 7 heteroatoms. The maximum Gasteiger partial charge on any atom is 0.306 e. The Balaban J connectivity index is 1.89. The molecule has 1 amide bonds. The molecule has 120 valence electrons. The number of carbonyl (C=O) groups excluding carboxylic acids is 1. The molecule has 0 aromatic heterocycles. The van der Waals surface area contributed by atoms with Gasteiger partial charge in [-0.1, -0.05) is 12.1 Å². The van der Waals surface area contributed by atoms with Crippen molar-refractivity contribution < 1.29 is 28.2 Å².